The number of hydrogen-bond donors (Lipinski definition) is 0. The number of hydrogen-bond acceptors (Lipinski definition) is 1. The zero-order valence-corrected chi connectivity index (χ0v) is 9.19. The van der Waals surface area contributed by atoms with E-state index >= 15 is 0 Å². The molecule has 0 bridgehead atoms. The van der Waals surface area contributed by atoms with Gasteiger partial charge in [0.25, 0.3) is 0 Å². The van der Waals surface area contributed by atoms with Gasteiger partial charge in [0.15, 0.2) is 0 Å². The molecule has 0 saturated carbocycles. The van der Waals surface area contributed by atoms with E-state index in [0.717, 1.165) is 11.1 Å². The van der Waals surface area contributed by atoms with E-state index < -0.39 is 0 Å². The smallest absolute Gasteiger partial charge is 0.150 e. The summed E-state index contributed by atoms with van der Waals surface area (Å²) in [5.41, 5.74) is 2.62. The van der Waals surface area contributed by atoms with Crippen molar-refractivity contribution in [3.63, 3.8) is 0 Å². The molecular weight excluding hydrogens is 215 g/mol. The third-order valence-corrected chi connectivity index (χ3v) is 2.58. The molecule has 0 unspecified atom stereocenters. The van der Waals surface area contributed by atoms with Gasteiger partial charge in [-0.25, -0.2) is 4.39 Å². The highest BCUT2D eigenvalue weighted by molar-refractivity contribution is 5.79. The Morgan fingerprint density at radius 3 is 2.24 bits per heavy atom. The van der Waals surface area contributed by atoms with Crippen molar-refractivity contribution in [3.05, 3.63) is 66.0 Å². The minimum atomic E-state index is -0.332. The normalized spacial score (nSPS) is 9.94. The summed E-state index contributed by atoms with van der Waals surface area (Å²) in [7, 11) is 0. The first-order valence-electron chi connectivity index (χ1n) is 5.22. The van der Waals surface area contributed by atoms with Crippen molar-refractivity contribution in [1.29, 1.82) is 0 Å². The second kappa shape index (κ2) is 4.74. The minimum Gasteiger partial charge on any atom is -0.298 e. The Labute approximate surface area is 99.2 Å². The Balaban J connectivity index is 2.50. The topological polar surface area (TPSA) is 17.1 Å². The first-order valence-corrected chi connectivity index (χ1v) is 5.22. The van der Waals surface area contributed by atoms with E-state index in [1.807, 2.05) is 24.3 Å². The molecule has 1 nitrogen and oxygen atoms in total. The maximum atomic E-state index is 13.6. The average Bonchev–Trinajstić information content (AvgIpc) is 2.39. The van der Waals surface area contributed by atoms with E-state index in [1.54, 1.807) is 12.1 Å². The van der Waals surface area contributed by atoms with Gasteiger partial charge < -0.3 is 0 Å². The maximum absolute atomic E-state index is 13.6. The Morgan fingerprint density at radius 1 is 1.00 bits per heavy atom. The highest BCUT2D eigenvalue weighted by Gasteiger charge is 2.05. The van der Waals surface area contributed by atoms with E-state index in [0.29, 0.717) is 17.4 Å². The fourth-order valence-electron chi connectivity index (χ4n) is 1.64. The van der Waals surface area contributed by atoms with E-state index in [-0.39, 0.29) is 5.82 Å². The van der Waals surface area contributed by atoms with Gasteiger partial charge >= 0.3 is 0 Å². The van der Waals surface area contributed by atoms with E-state index in [9.17, 15) is 9.18 Å². The molecule has 0 fully saturated rings. The lowest BCUT2D eigenvalue weighted by molar-refractivity contribution is 0.112. The van der Waals surface area contributed by atoms with Crippen LogP contribution in [0, 0.1) is 5.82 Å². The number of aldehydes is 1. The molecular formula is C15H11FO. The Bertz CT molecular complexity index is 556. The quantitative estimate of drug-likeness (QED) is 0.724. The van der Waals surface area contributed by atoms with Gasteiger partial charge in [0, 0.05) is 11.1 Å². The number of benzene rings is 2. The predicted molar refractivity (Wildman–Crippen MR) is 67.3 cm³/mol. The van der Waals surface area contributed by atoms with Crippen LogP contribution < -0.4 is 0 Å². The lowest BCUT2D eigenvalue weighted by Crippen LogP contribution is -1.88. The molecule has 2 heteroatoms. The fraction of sp³-hybridized carbons (Fsp3) is 0. The summed E-state index contributed by atoms with van der Waals surface area (Å²) < 4.78 is 13.6. The van der Waals surface area contributed by atoms with Gasteiger partial charge in [-0.3, -0.25) is 4.79 Å². The standard InChI is InChI=1S/C15H11FO/c1-2-11-3-6-13(7-4-11)14-9-12(10-17)5-8-15(14)16/h2-10H,1H2. The molecule has 17 heavy (non-hydrogen) atoms. The third-order valence-electron chi connectivity index (χ3n) is 2.58. The van der Waals surface area contributed by atoms with Crippen LogP contribution in [-0.2, 0) is 0 Å². The second-order valence-corrected chi connectivity index (χ2v) is 3.68. The Morgan fingerprint density at radius 2 is 1.65 bits per heavy atom. The Hall–Kier alpha value is -2.22. The lowest BCUT2D eigenvalue weighted by atomic mass is 10.0. The molecule has 84 valence electrons. The molecule has 0 aliphatic heterocycles. The molecule has 2 rings (SSSR count). The van der Waals surface area contributed by atoms with E-state index in [1.165, 1.54) is 12.1 Å². The molecule has 0 N–H and O–H groups in total. The van der Waals surface area contributed by atoms with Gasteiger partial charge in [-0.15, -0.1) is 0 Å². The maximum Gasteiger partial charge on any atom is 0.150 e. The molecule has 0 heterocycles. The lowest BCUT2D eigenvalue weighted by Gasteiger charge is -2.04. The molecule has 0 amide bonds. The summed E-state index contributed by atoms with van der Waals surface area (Å²) in [6, 6.07) is 11.6. The van der Waals surface area contributed by atoms with Crippen molar-refractivity contribution in [2.45, 2.75) is 0 Å². The summed E-state index contributed by atoms with van der Waals surface area (Å²) in [6.45, 7) is 3.66. The van der Waals surface area contributed by atoms with Gasteiger partial charge in [-0.1, -0.05) is 36.9 Å². The molecule has 0 spiro atoms. The number of halogens is 1. The van der Waals surface area contributed by atoms with Crippen LogP contribution in [-0.4, -0.2) is 6.29 Å². The van der Waals surface area contributed by atoms with Crippen LogP contribution >= 0.6 is 0 Å². The predicted octanol–water partition coefficient (Wildman–Crippen LogP) is 3.95. The second-order valence-electron chi connectivity index (χ2n) is 3.68. The monoisotopic (exact) mass is 226 g/mol. The fourth-order valence-corrected chi connectivity index (χ4v) is 1.64. The summed E-state index contributed by atoms with van der Waals surface area (Å²) in [5.74, 6) is -0.332. The van der Waals surface area contributed by atoms with Crippen LogP contribution in [0.2, 0.25) is 0 Å². The number of carbonyl (C=O) groups is 1. The van der Waals surface area contributed by atoms with Crippen LogP contribution in [0.1, 0.15) is 15.9 Å². The van der Waals surface area contributed by atoms with Crippen molar-refractivity contribution in [2.24, 2.45) is 0 Å². The highest BCUT2D eigenvalue weighted by Crippen LogP contribution is 2.24. The average molecular weight is 226 g/mol. The van der Waals surface area contributed by atoms with Crippen molar-refractivity contribution < 1.29 is 9.18 Å². The van der Waals surface area contributed by atoms with E-state index in [2.05, 4.69) is 6.58 Å². The van der Waals surface area contributed by atoms with Crippen molar-refractivity contribution >= 4 is 12.4 Å². The molecule has 0 aromatic heterocycles. The zero-order valence-electron chi connectivity index (χ0n) is 9.19. The molecule has 0 aliphatic carbocycles. The van der Waals surface area contributed by atoms with Crippen molar-refractivity contribution in [2.75, 3.05) is 0 Å². The molecule has 0 saturated heterocycles. The van der Waals surface area contributed by atoms with Gasteiger partial charge in [0.1, 0.15) is 12.1 Å². The van der Waals surface area contributed by atoms with Gasteiger partial charge in [-0.05, 0) is 29.3 Å². The summed E-state index contributed by atoms with van der Waals surface area (Å²) in [6.07, 6.45) is 2.43. The molecule has 2 aromatic carbocycles. The number of carbonyl (C=O) groups excluding carboxylic acids is 1. The SMILES string of the molecule is C=Cc1ccc(-c2cc(C=O)ccc2F)cc1. The van der Waals surface area contributed by atoms with Crippen LogP contribution in [0.4, 0.5) is 4.39 Å². The van der Waals surface area contributed by atoms with Crippen LogP contribution in [0.3, 0.4) is 0 Å². The highest BCUT2D eigenvalue weighted by atomic mass is 19.1. The zero-order chi connectivity index (χ0) is 12.3. The van der Waals surface area contributed by atoms with Crippen molar-refractivity contribution in [3.8, 4) is 11.1 Å². The first-order chi connectivity index (χ1) is 8.24. The van der Waals surface area contributed by atoms with Gasteiger partial charge in [-0.2, -0.15) is 0 Å². The molecule has 0 atom stereocenters. The van der Waals surface area contributed by atoms with Crippen LogP contribution in [0.25, 0.3) is 17.2 Å². The third kappa shape index (κ3) is 2.31. The largest absolute Gasteiger partial charge is 0.298 e. The van der Waals surface area contributed by atoms with Gasteiger partial charge in [0.2, 0.25) is 0 Å². The molecule has 0 aliphatic rings. The minimum absolute atomic E-state index is 0.332. The van der Waals surface area contributed by atoms with Gasteiger partial charge in [0.05, 0.1) is 0 Å². The number of rotatable bonds is 3. The summed E-state index contributed by atoms with van der Waals surface area (Å²) in [4.78, 5) is 10.7. The molecule has 2 aromatic rings. The van der Waals surface area contributed by atoms with Crippen molar-refractivity contribution in [1.82, 2.24) is 0 Å². The Kier molecular flexibility index (Phi) is 3.15. The summed E-state index contributed by atoms with van der Waals surface area (Å²) >= 11 is 0. The van der Waals surface area contributed by atoms with Crippen LogP contribution in [0.15, 0.2) is 49.0 Å². The summed E-state index contributed by atoms with van der Waals surface area (Å²) in [5, 5.41) is 0. The van der Waals surface area contributed by atoms with E-state index in [4.69, 9.17) is 0 Å². The molecule has 0 radical (unpaired) electrons. The first kappa shape index (κ1) is 11.3. The van der Waals surface area contributed by atoms with Crippen LogP contribution in [0.5, 0.6) is 0 Å².